The largest absolute Gasteiger partial charge is 0.370 e. The van der Waals surface area contributed by atoms with Gasteiger partial charge in [-0.3, -0.25) is 0 Å². The topological polar surface area (TPSA) is 41.1 Å². The number of anilines is 3. The molecule has 0 saturated carbocycles. The van der Waals surface area contributed by atoms with Gasteiger partial charge >= 0.3 is 0 Å². The van der Waals surface area contributed by atoms with Gasteiger partial charge in [-0.2, -0.15) is 0 Å². The van der Waals surface area contributed by atoms with Crippen molar-refractivity contribution in [2.75, 3.05) is 23.8 Å². The van der Waals surface area contributed by atoms with Crippen LogP contribution in [-0.2, 0) is 0 Å². The van der Waals surface area contributed by atoms with Crippen LogP contribution in [0.4, 0.5) is 17.3 Å². The Morgan fingerprint density at radius 2 is 1.90 bits per heavy atom. The third kappa shape index (κ3) is 3.32. The van der Waals surface area contributed by atoms with Crippen LogP contribution in [-0.4, -0.2) is 23.6 Å². The molecule has 2 aromatic rings. The van der Waals surface area contributed by atoms with E-state index in [1.807, 2.05) is 0 Å². The molecule has 0 atom stereocenters. The summed E-state index contributed by atoms with van der Waals surface area (Å²) in [4.78, 5) is 10.9. The summed E-state index contributed by atoms with van der Waals surface area (Å²) in [6.45, 7) is 9.37. The molecule has 0 unspecified atom stereocenters. The number of aromatic nitrogens is 2. The lowest BCUT2D eigenvalue weighted by molar-refractivity contribution is 0.954. The average Bonchev–Trinajstić information content (AvgIpc) is 2.45. The van der Waals surface area contributed by atoms with E-state index in [4.69, 9.17) is 0 Å². The molecule has 21 heavy (non-hydrogen) atoms. The summed E-state index contributed by atoms with van der Waals surface area (Å²) in [5, 5.41) is 3.36. The van der Waals surface area contributed by atoms with E-state index in [0.717, 1.165) is 30.2 Å². The summed E-state index contributed by atoms with van der Waals surface area (Å²) in [7, 11) is 2.05. The normalized spacial score (nSPS) is 10.5. The van der Waals surface area contributed by atoms with E-state index < -0.39 is 0 Å². The maximum atomic E-state index is 4.46. The van der Waals surface area contributed by atoms with E-state index in [1.165, 1.54) is 16.8 Å². The second kappa shape index (κ2) is 6.57. The lowest BCUT2D eigenvalue weighted by Crippen LogP contribution is -2.16. The zero-order chi connectivity index (χ0) is 15.4. The predicted octanol–water partition coefficient (Wildman–Crippen LogP) is 3.99. The number of aryl methyl sites for hydroxylation is 2. The van der Waals surface area contributed by atoms with Gasteiger partial charge in [0.05, 0.1) is 0 Å². The molecule has 0 bridgehead atoms. The molecule has 1 aromatic heterocycles. The van der Waals surface area contributed by atoms with Crippen LogP contribution in [0.5, 0.6) is 0 Å². The molecule has 112 valence electrons. The minimum absolute atomic E-state index is 0.915. The molecule has 1 aromatic carbocycles. The van der Waals surface area contributed by atoms with Crippen molar-refractivity contribution < 1.29 is 0 Å². The van der Waals surface area contributed by atoms with Crippen molar-refractivity contribution in [2.45, 2.75) is 34.1 Å². The van der Waals surface area contributed by atoms with Crippen LogP contribution >= 0.6 is 0 Å². The van der Waals surface area contributed by atoms with Gasteiger partial charge in [-0.1, -0.05) is 24.6 Å². The highest BCUT2D eigenvalue weighted by Gasteiger charge is 2.13. The van der Waals surface area contributed by atoms with Crippen molar-refractivity contribution in [1.29, 1.82) is 0 Å². The standard InChI is InChI=1S/C17H24N4/c1-6-9-18-16-14(4)17(20-11-19-16)21(5)15-8-7-12(2)10-13(15)3/h7-8,10-11H,6,9H2,1-5H3,(H,18,19,20). The Balaban J connectivity index is 2.36. The van der Waals surface area contributed by atoms with Gasteiger partial charge in [0.25, 0.3) is 0 Å². The third-order valence-corrected chi connectivity index (χ3v) is 3.63. The van der Waals surface area contributed by atoms with Crippen molar-refractivity contribution >= 4 is 17.3 Å². The summed E-state index contributed by atoms with van der Waals surface area (Å²) < 4.78 is 0. The van der Waals surface area contributed by atoms with Crippen molar-refractivity contribution in [3.63, 3.8) is 0 Å². The molecule has 0 aliphatic rings. The first-order valence-electron chi connectivity index (χ1n) is 7.41. The molecule has 1 N–H and O–H groups in total. The van der Waals surface area contributed by atoms with Gasteiger partial charge in [0.15, 0.2) is 0 Å². The van der Waals surface area contributed by atoms with Gasteiger partial charge in [0, 0.05) is 24.8 Å². The minimum atomic E-state index is 0.915. The molecule has 1 heterocycles. The Morgan fingerprint density at radius 1 is 1.14 bits per heavy atom. The fourth-order valence-corrected chi connectivity index (χ4v) is 2.50. The van der Waals surface area contributed by atoms with Gasteiger partial charge in [-0.15, -0.1) is 0 Å². The number of hydrogen-bond donors (Lipinski definition) is 1. The molecule has 4 heteroatoms. The molecule has 0 spiro atoms. The van der Waals surface area contributed by atoms with Crippen molar-refractivity contribution in [2.24, 2.45) is 0 Å². The van der Waals surface area contributed by atoms with E-state index in [2.05, 4.69) is 73.1 Å². The van der Waals surface area contributed by atoms with Crippen LogP contribution < -0.4 is 10.2 Å². The van der Waals surface area contributed by atoms with Crippen LogP contribution in [0.2, 0.25) is 0 Å². The number of nitrogens with one attached hydrogen (secondary N) is 1. The highest BCUT2D eigenvalue weighted by atomic mass is 15.2. The fraction of sp³-hybridized carbons (Fsp3) is 0.412. The Morgan fingerprint density at radius 3 is 2.57 bits per heavy atom. The maximum Gasteiger partial charge on any atom is 0.141 e. The Hall–Kier alpha value is -2.10. The summed E-state index contributed by atoms with van der Waals surface area (Å²) >= 11 is 0. The number of hydrogen-bond acceptors (Lipinski definition) is 4. The van der Waals surface area contributed by atoms with Crippen LogP contribution in [0.15, 0.2) is 24.5 Å². The Kier molecular flexibility index (Phi) is 4.78. The zero-order valence-electron chi connectivity index (χ0n) is 13.6. The van der Waals surface area contributed by atoms with E-state index in [1.54, 1.807) is 6.33 Å². The first-order valence-corrected chi connectivity index (χ1v) is 7.41. The van der Waals surface area contributed by atoms with Gasteiger partial charge in [-0.25, -0.2) is 9.97 Å². The number of rotatable bonds is 5. The third-order valence-electron chi connectivity index (χ3n) is 3.63. The van der Waals surface area contributed by atoms with E-state index >= 15 is 0 Å². The summed E-state index contributed by atoms with van der Waals surface area (Å²) in [5.74, 6) is 1.86. The maximum absolute atomic E-state index is 4.46. The molecule has 0 aliphatic carbocycles. The van der Waals surface area contributed by atoms with Gasteiger partial charge in [0.1, 0.15) is 18.0 Å². The summed E-state index contributed by atoms with van der Waals surface area (Å²) in [6, 6.07) is 6.47. The summed E-state index contributed by atoms with van der Waals surface area (Å²) in [5.41, 5.74) is 4.77. The van der Waals surface area contributed by atoms with Gasteiger partial charge in [-0.05, 0) is 38.8 Å². The minimum Gasteiger partial charge on any atom is -0.370 e. The molecule has 4 nitrogen and oxygen atoms in total. The fourth-order valence-electron chi connectivity index (χ4n) is 2.50. The van der Waals surface area contributed by atoms with Crippen molar-refractivity contribution in [3.8, 4) is 0 Å². The van der Waals surface area contributed by atoms with Crippen LogP contribution in [0.1, 0.15) is 30.0 Å². The lowest BCUT2D eigenvalue weighted by Gasteiger charge is -2.23. The first-order chi connectivity index (χ1) is 10.0. The average molecular weight is 284 g/mol. The van der Waals surface area contributed by atoms with Crippen LogP contribution in [0.3, 0.4) is 0 Å². The van der Waals surface area contributed by atoms with Crippen molar-refractivity contribution in [1.82, 2.24) is 9.97 Å². The Labute approximate surface area is 127 Å². The highest BCUT2D eigenvalue weighted by Crippen LogP contribution is 2.30. The SMILES string of the molecule is CCCNc1ncnc(N(C)c2ccc(C)cc2C)c1C. The molecular formula is C17H24N4. The predicted molar refractivity (Wildman–Crippen MR) is 89.5 cm³/mol. The molecule has 0 amide bonds. The number of nitrogens with zero attached hydrogens (tertiary/aromatic N) is 3. The smallest absolute Gasteiger partial charge is 0.141 e. The number of benzene rings is 1. The second-order valence-corrected chi connectivity index (χ2v) is 5.45. The van der Waals surface area contributed by atoms with Crippen LogP contribution in [0, 0.1) is 20.8 Å². The zero-order valence-corrected chi connectivity index (χ0v) is 13.6. The summed E-state index contributed by atoms with van der Waals surface area (Å²) in [6.07, 6.45) is 2.70. The van der Waals surface area contributed by atoms with E-state index in [0.29, 0.717) is 0 Å². The molecule has 0 saturated heterocycles. The van der Waals surface area contributed by atoms with Crippen LogP contribution in [0.25, 0.3) is 0 Å². The molecule has 0 fully saturated rings. The molecule has 0 radical (unpaired) electrons. The quantitative estimate of drug-likeness (QED) is 0.901. The lowest BCUT2D eigenvalue weighted by atomic mass is 10.1. The molecular weight excluding hydrogens is 260 g/mol. The highest BCUT2D eigenvalue weighted by molar-refractivity contribution is 5.68. The Bertz CT molecular complexity index is 622. The second-order valence-electron chi connectivity index (χ2n) is 5.45. The van der Waals surface area contributed by atoms with E-state index in [-0.39, 0.29) is 0 Å². The van der Waals surface area contributed by atoms with Crippen molar-refractivity contribution in [3.05, 3.63) is 41.2 Å². The molecule has 2 rings (SSSR count). The monoisotopic (exact) mass is 284 g/mol. The van der Waals surface area contributed by atoms with Gasteiger partial charge < -0.3 is 10.2 Å². The first kappa shape index (κ1) is 15.3. The molecule has 0 aliphatic heterocycles. The van der Waals surface area contributed by atoms with E-state index in [9.17, 15) is 0 Å². The van der Waals surface area contributed by atoms with Gasteiger partial charge in [0.2, 0.25) is 0 Å².